The number of halogens is 1. The molecule has 6 nitrogen and oxygen atoms in total. The van der Waals surface area contributed by atoms with Crippen LogP contribution >= 0.6 is 0 Å². The number of unbranched alkanes of at least 4 members (excludes halogenated alkanes) is 1. The number of hydrogen-bond acceptors (Lipinski definition) is 4. The number of amides is 2. The van der Waals surface area contributed by atoms with Crippen LogP contribution < -0.4 is 15.0 Å². The lowest BCUT2D eigenvalue weighted by molar-refractivity contribution is -0.123. The monoisotopic (exact) mass is 425 g/mol. The lowest BCUT2D eigenvalue weighted by Gasteiger charge is -2.30. The zero-order valence-corrected chi connectivity index (χ0v) is 17.9. The topological polar surface area (TPSA) is 61.9 Å². The molecule has 0 saturated carbocycles. The quantitative estimate of drug-likeness (QED) is 0.626. The van der Waals surface area contributed by atoms with E-state index in [0.717, 1.165) is 25.9 Å². The molecule has 0 atom stereocenters. The van der Waals surface area contributed by atoms with E-state index in [9.17, 15) is 14.0 Å². The molecule has 0 radical (unpaired) electrons. The highest BCUT2D eigenvalue weighted by molar-refractivity contribution is 6.12. The van der Waals surface area contributed by atoms with Gasteiger partial charge in [0.15, 0.2) is 11.5 Å². The maximum Gasteiger partial charge on any atom is 0.294 e. The summed E-state index contributed by atoms with van der Waals surface area (Å²) >= 11 is 0. The SMILES string of the molecule is CCCCN(C)CCNC(=O)CN1C(=O)C(=Cc2cccc(F)c2)Oc2ccccc21. The summed E-state index contributed by atoms with van der Waals surface area (Å²) in [6.07, 6.45) is 3.72. The lowest BCUT2D eigenvalue weighted by atomic mass is 10.1. The van der Waals surface area contributed by atoms with E-state index < -0.39 is 11.7 Å². The molecule has 164 valence electrons. The van der Waals surface area contributed by atoms with Crippen molar-refractivity contribution in [1.82, 2.24) is 10.2 Å². The number of hydrogen-bond donors (Lipinski definition) is 1. The van der Waals surface area contributed by atoms with Gasteiger partial charge >= 0.3 is 0 Å². The maximum absolute atomic E-state index is 13.5. The van der Waals surface area contributed by atoms with Crippen molar-refractivity contribution in [2.75, 3.05) is 38.1 Å². The van der Waals surface area contributed by atoms with Gasteiger partial charge in [-0.3, -0.25) is 14.5 Å². The average Bonchev–Trinajstić information content (AvgIpc) is 2.75. The Balaban J connectivity index is 1.71. The molecule has 0 bridgehead atoms. The summed E-state index contributed by atoms with van der Waals surface area (Å²) in [5.74, 6) is -0.594. The Kier molecular flexibility index (Phi) is 7.78. The van der Waals surface area contributed by atoms with E-state index in [1.807, 2.05) is 7.05 Å². The number of para-hydroxylation sites is 2. The van der Waals surface area contributed by atoms with Gasteiger partial charge in [0.2, 0.25) is 5.91 Å². The number of fused-ring (bicyclic) bond motifs is 1. The molecule has 31 heavy (non-hydrogen) atoms. The van der Waals surface area contributed by atoms with Crippen LogP contribution in [0.4, 0.5) is 10.1 Å². The third-order valence-electron chi connectivity index (χ3n) is 4.99. The molecular weight excluding hydrogens is 397 g/mol. The van der Waals surface area contributed by atoms with Crippen molar-refractivity contribution >= 4 is 23.6 Å². The Labute approximate surface area is 182 Å². The first-order valence-electron chi connectivity index (χ1n) is 10.5. The van der Waals surface area contributed by atoms with Gasteiger partial charge in [0.1, 0.15) is 12.4 Å². The molecule has 0 aliphatic carbocycles. The molecule has 0 saturated heterocycles. The molecule has 0 fully saturated rings. The predicted octanol–water partition coefficient (Wildman–Crippen LogP) is 3.44. The van der Waals surface area contributed by atoms with E-state index in [1.165, 1.54) is 23.1 Å². The molecule has 2 aromatic rings. The maximum atomic E-state index is 13.5. The molecule has 1 heterocycles. The van der Waals surface area contributed by atoms with Crippen LogP contribution in [0.25, 0.3) is 6.08 Å². The fraction of sp³-hybridized carbons (Fsp3) is 0.333. The molecule has 7 heteroatoms. The first-order valence-corrected chi connectivity index (χ1v) is 10.5. The number of ether oxygens (including phenoxy) is 1. The number of carbonyl (C=O) groups is 2. The van der Waals surface area contributed by atoms with Crippen LogP contribution in [0.3, 0.4) is 0 Å². The van der Waals surface area contributed by atoms with E-state index in [1.54, 1.807) is 36.4 Å². The van der Waals surface area contributed by atoms with Gasteiger partial charge in [0, 0.05) is 13.1 Å². The lowest BCUT2D eigenvalue weighted by Crippen LogP contribution is -2.45. The van der Waals surface area contributed by atoms with Crippen LogP contribution in [0.15, 0.2) is 54.3 Å². The molecule has 1 N–H and O–H groups in total. The van der Waals surface area contributed by atoms with Crippen molar-refractivity contribution in [1.29, 1.82) is 0 Å². The molecule has 1 aliphatic heterocycles. The van der Waals surface area contributed by atoms with Gasteiger partial charge in [-0.2, -0.15) is 0 Å². The van der Waals surface area contributed by atoms with Crippen molar-refractivity contribution in [3.63, 3.8) is 0 Å². The first kappa shape index (κ1) is 22.5. The number of likely N-dealkylation sites (N-methyl/N-ethyl adjacent to an activating group) is 1. The van der Waals surface area contributed by atoms with Crippen LogP contribution in [-0.2, 0) is 9.59 Å². The third-order valence-corrected chi connectivity index (χ3v) is 4.99. The number of nitrogens with zero attached hydrogens (tertiary/aromatic N) is 2. The molecule has 3 rings (SSSR count). The van der Waals surface area contributed by atoms with Crippen LogP contribution in [0.5, 0.6) is 5.75 Å². The number of carbonyl (C=O) groups excluding carboxylic acids is 2. The van der Waals surface area contributed by atoms with Crippen molar-refractivity contribution in [3.05, 3.63) is 65.7 Å². The Hall–Kier alpha value is -3.19. The van der Waals surface area contributed by atoms with Gasteiger partial charge in [-0.05, 0) is 55.9 Å². The number of anilines is 1. The largest absolute Gasteiger partial charge is 0.449 e. The smallest absolute Gasteiger partial charge is 0.294 e. The van der Waals surface area contributed by atoms with E-state index in [2.05, 4.69) is 17.1 Å². The Morgan fingerprint density at radius 2 is 2.00 bits per heavy atom. The minimum absolute atomic E-state index is 0.0383. The Morgan fingerprint density at radius 3 is 2.77 bits per heavy atom. The van der Waals surface area contributed by atoms with Crippen molar-refractivity contribution in [3.8, 4) is 5.75 Å². The van der Waals surface area contributed by atoms with Crippen LogP contribution in [0.2, 0.25) is 0 Å². The Morgan fingerprint density at radius 1 is 1.19 bits per heavy atom. The second-order valence-electron chi connectivity index (χ2n) is 7.53. The molecule has 0 spiro atoms. The minimum Gasteiger partial charge on any atom is -0.449 e. The van der Waals surface area contributed by atoms with Gasteiger partial charge in [-0.1, -0.05) is 37.6 Å². The predicted molar refractivity (Wildman–Crippen MR) is 119 cm³/mol. The van der Waals surface area contributed by atoms with Crippen molar-refractivity contribution in [2.45, 2.75) is 19.8 Å². The average molecular weight is 426 g/mol. The second-order valence-corrected chi connectivity index (χ2v) is 7.53. The van der Waals surface area contributed by atoms with Crippen molar-refractivity contribution < 1.29 is 18.7 Å². The van der Waals surface area contributed by atoms with Gasteiger partial charge < -0.3 is 15.0 Å². The zero-order chi connectivity index (χ0) is 22.2. The van der Waals surface area contributed by atoms with Gasteiger partial charge in [-0.15, -0.1) is 0 Å². The minimum atomic E-state index is -0.446. The number of benzene rings is 2. The molecule has 0 aromatic heterocycles. The Bertz CT molecular complexity index is 961. The fourth-order valence-electron chi connectivity index (χ4n) is 3.29. The summed E-state index contributed by atoms with van der Waals surface area (Å²) in [6.45, 7) is 4.24. The van der Waals surface area contributed by atoms with Gasteiger partial charge in [0.25, 0.3) is 5.91 Å². The molecule has 0 unspecified atom stereocenters. The summed E-state index contributed by atoms with van der Waals surface area (Å²) in [4.78, 5) is 29.2. The second kappa shape index (κ2) is 10.7. The van der Waals surface area contributed by atoms with E-state index in [-0.39, 0.29) is 18.2 Å². The third kappa shape index (κ3) is 6.15. The van der Waals surface area contributed by atoms with Gasteiger partial charge in [0.05, 0.1) is 5.69 Å². The molecule has 1 aliphatic rings. The summed E-state index contributed by atoms with van der Waals surface area (Å²) < 4.78 is 19.3. The number of nitrogens with one attached hydrogen (secondary N) is 1. The first-order chi connectivity index (χ1) is 15.0. The summed E-state index contributed by atoms with van der Waals surface area (Å²) in [6, 6.07) is 12.9. The normalized spacial score (nSPS) is 14.5. The van der Waals surface area contributed by atoms with Crippen LogP contribution in [0.1, 0.15) is 25.3 Å². The summed E-state index contributed by atoms with van der Waals surface area (Å²) in [5, 5.41) is 2.88. The van der Waals surface area contributed by atoms with Crippen LogP contribution in [0, 0.1) is 5.82 Å². The standard InChI is InChI=1S/C24H28FN3O3/c1-3-4-13-27(2)14-12-26-23(29)17-28-20-10-5-6-11-21(20)31-22(24(28)30)16-18-8-7-9-19(25)15-18/h5-11,15-16H,3-4,12-14,17H2,1-2H3,(H,26,29). The highest BCUT2D eigenvalue weighted by atomic mass is 19.1. The fourth-order valence-corrected chi connectivity index (χ4v) is 3.29. The highest BCUT2D eigenvalue weighted by Crippen LogP contribution is 2.35. The zero-order valence-electron chi connectivity index (χ0n) is 17.9. The molecular formula is C24H28FN3O3. The van der Waals surface area contributed by atoms with Gasteiger partial charge in [-0.25, -0.2) is 4.39 Å². The van der Waals surface area contributed by atoms with Crippen molar-refractivity contribution in [2.24, 2.45) is 0 Å². The molecule has 2 aromatic carbocycles. The van der Waals surface area contributed by atoms with Crippen LogP contribution in [-0.4, -0.2) is 49.9 Å². The molecule has 2 amide bonds. The summed E-state index contributed by atoms with van der Waals surface area (Å²) in [7, 11) is 2.02. The van der Waals surface area contributed by atoms with E-state index in [0.29, 0.717) is 23.5 Å². The van der Waals surface area contributed by atoms with E-state index >= 15 is 0 Å². The number of rotatable bonds is 9. The summed E-state index contributed by atoms with van der Waals surface area (Å²) in [5.41, 5.74) is 1.03. The highest BCUT2D eigenvalue weighted by Gasteiger charge is 2.31. The van der Waals surface area contributed by atoms with E-state index in [4.69, 9.17) is 4.74 Å².